The highest BCUT2D eigenvalue weighted by molar-refractivity contribution is 5.97. The van der Waals surface area contributed by atoms with Gasteiger partial charge in [-0.15, -0.1) is 0 Å². The first kappa shape index (κ1) is 18.5. The number of ketones is 1. The standard InChI is InChI=1S/C20H22O5/c1-10-6-7-15(19(23)18(10)22)20(24)25-9-16-11(2)8-12(3)17(13(16)4)14(5)21/h6-8,22-23H,9H2,1-5H3. The summed E-state index contributed by atoms with van der Waals surface area (Å²) in [6, 6.07) is 4.83. The van der Waals surface area contributed by atoms with Gasteiger partial charge in [0.15, 0.2) is 17.3 Å². The Labute approximate surface area is 146 Å². The van der Waals surface area contributed by atoms with E-state index in [1.54, 1.807) is 6.92 Å². The Morgan fingerprint density at radius 2 is 1.60 bits per heavy atom. The van der Waals surface area contributed by atoms with Crippen molar-refractivity contribution < 1.29 is 24.5 Å². The molecule has 0 bridgehead atoms. The van der Waals surface area contributed by atoms with Gasteiger partial charge in [-0.3, -0.25) is 4.79 Å². The SMILES string of the molecule is CC(=O)c1c(C)cc(C)c(COC(=O)c2ccc(C)c(O)c2O)c1C. The van der Waals surface area contributed by atoms with E-state index in [1.807, 2.05) is 26.8 Å². The predicted octanol–water partition coefficient (Wildman–Crippen LogP) is 3.89. The van der Waals surface area contributed by atoms with Crippen LogP contribution in [0.25, 0.3) is 0 Å². The van der Waals surface area contributed by atoms with Crippen LogP contribution in [0, 0.1) is 27.7 Å². The number of aryl methyl sites for hydroxylation is 3. The van der Waals surface area contributed by atoms with Gasteiger partial charge in [0, 0.05) is 5.56 Å². The quantitative estimate of drug-likeness (QED) is 0.500. The van der Waals surface area contributed by atoms with Crippen LogP contribution in [-0.4, -0.2) is 22.0 Å². The molecule has 2 rings (SSSR count). The van der Waals surface area contributed by atoms with Crippen molar-refractivity contribution in [3.05, 3.63) is 57.1 Å². The van der Waals surface area contributed by atoms with Gasteiger partial charge in [0.2, 0.25) is 0 Å². The number of rotatable bonds is 4. The molecule has 25 heavy (non-hydrogen) atoms. The number of carbonyl (C=O) groups excluding carboxylic acids is 2. The largest absolute Gasteiger partial charge is 0.504 e. The number of carbonyl (C=O) groups is 2. The first-order chi connectivity index (χ1) is 11.6. The summed E-state index contributed by atoms with van der Waals surface area (Å²) in [5.41, 5.74) is 4.35. The number of ether oxygens (including phenoxy) is 1. The van der Waals surface area contributed by atoms with Gasteiger partial charge in [0.25, 0.3) is 0 Å². The fraction of sp³-hybridized carbons (Fsp3) is 0.300. The number of phenolic OH excluding ortho intramolecular Hbond substituents is 2. The van der Waals surface area contributed by atoms with E-state index in [0.717, 1.165) is 22.3 Å². The van der Waals surface area contributed by atoms with Crippen LogP contribution in [-0.2, 0) is 11.3 Å². The highest BCUT2D eigenvalue weighted by Gasteiger charge is 2.19. The van der Waals surface area contributed by atoms with Crippen LogP contribution in [0.1, 0.15) is 55.5 Å². The molecule has 0 atom stereocenters. The third kappa shape index (κ3) is 3.50. The van der Waals surface area contributed by atoms with E-state index in [2.05, 4.69) is 0 Å². The van der Waals surface area contributed by atoms with Gasteiger partial charge in [-0.1, -0.05) is 12.1 Å². The zero-order valence-corrected chi connectivity index (χ0v) is 15.1. The highest BCUT2D eigenvalue weighted by Crippen LogP contribution is 2.33. The van der Waals surface area contributed by atoms with Crippen molar-refractivity contribution in [2.45, 2.75) is 41.2 Å². The lowest BCUT2D eigenvalue weighted by atomic mass is 9.92. The Morgan fingerprint density at radius 1 is 0.960 bits per heavy atom. The number of benzene rings is 2. The summed E-state index contributed by atoms with van der Waals surface area (Å²) in [5, 5.41) is 19.7. The molecule has 0 spiro atoms. The van der Waals surface area contributed by atoms with Gasteiger partial charge in [-0.25, -0.2) is 4.79 Å². The second-order valence-electron chi connectivity index (χ2n) is 6.25. The summed E-state index contributed by atoms with van der Waals surface area (Å²) in [6.07, 6.45) is 0. The molecule has 0 unspecified atom stereocenters. The Balaban J connectivity index is 2.31. The van der Waals surface area contributed by atoms with E-state index in [0.29, 0.717) is 11.1 Å². The van der Waals surface area contributed by atoms with Crippen molar-refractivity contribution in [3.63, 3.8) is 0 Å². The lowest BCUT2D eigenvalue weighted by molar-refractivity contribution is 0.0467. The van der Waals surface area contributed by atoms with Crippen molar-refractivity contribution in [3.8, 4) is 11.5 Å². The summed E-state index contributed by atoms with van der Waals surface area (Å²) in [7, 11) is 0. The minimum atomic E-state index is -0.739. The van der Waals surface area contributed by atoms with Crippen LogP contribution >= 0.6 is 0 Å². The molecule has 0 aliphatic rings. The molecule has 0 fully saturated rings. The molecule has 0 aromatic heterocycles. The Bertz CT molecular complexity index is 865. The monoisotopic (exact) mass is 342 g/mol. The molecule has 2 N–H and O–H groups in total. The Kier molecular flexibility index (Phi) is 5.16. The van der Waals surface area contributed by atoms with Gasteiger partial charge >= 0.3 is 5.97 Å². The number of esters is 1. The van der Waals surface area contributed by atoms with Crippen molar-refractivity contribution >= 4 is 11.8 Å². The van der Waals surface area contributed by atoms with Gasteiger partial charge < -0.3 is 14.9 Å². The van der Waals surface area contributed by atoms with Gasteiger partial charge in [0.05, 0.1) is 0 Å². The maximum Gasteiger partial charge on any atom is 0.342 e. The minimum Gasteiger partial charge on any atom is -0.504 e. The molecule has 0 aliphatic heterocycles. The summed E-state index contributed by atoms with van der Waals surface area (Å²) in [6.45, 7) is 8.70. The van der Waals surface area contributed by atoms with Crippen molar-refractivity contribution in [2.24, 2.45) is 0 Å². The molecule has 2 aromatic rings. The second kappa shape index (κ2) is 6.97. The molecular formula is C20H22O5. The predicted molar refractivity (Wildman–Crippen MR) is 94.3 cm³/mol. The third-order valence-corrected chi connectivity index (χ3v) is 4.40. The van der Waals surface area contributed by atoms with Gasteiger partial charge in [-0.2, -0.15) is 0 Å². The molecular weight excluding hydrogens is 320 g/mol. The zero-order chi connectivity index (χ0) is 18.9. The summed E-state index contributed by atoms with van der Waals surface area (Å²) in [4.78, 5) is 24.1. The molecule has 0 radical (unpaired) electrons. The van der Waals surface area contributed by atoms with Crippen molar-refractivity contribution in [1.29, 1.82) is 0 Å². The van der Waals surface area contributed by atoms with E-state index in [9.17, 15) is 19.8 Å². The van der Waals surface area contributed by atoms with Gasteiger partial charge in [-0.05, 0) is 68.5 Å². The molecule has 132 valence electrons. The molecule has 0 heterocycles. The molecule has 5 heteroatoms. The van der Waals surface area contributed by atoms with Gasteiger partial charge in [0.1, 0.15) is 12.2 Å². The number of phenols is 2. The second-order valence-corrected chi connectivity index (χ2v) is 6.25. The zero-order valence-electron chi connectivity index (χ0n) is 15.1. The topological polar surface area (TPSA) is 83.8 Å². The number of Topliss-reactive ketones (excluding diaryl/α,β-unsaturated/α-hetero) is 1. The van der Waals surface area contributed by atoms with Crippen molar-refractivity contribution in [1.82, 2.24) is 0 Å². The van der Waals surface area contributed by atoms with Crippen LogP contribution in [0.3, 0.4) is 0 Å². The van der Waals surface area contributed by atoms with Crippen molar-refractivity contribution in [2.75, 3.05) is 0 Å². The number of aromatic hydroxyl groups is 2. The average Bonchev–Trinajstić information content (AvgIpc) is 2.51. The molecule has 2 aromatic carbocycles. The Morgan fingerprint density at radius 3 is 2.20 bits per heavy atom. The lowest BCUT2D eigenvalue weighted by Gasteiger charge is -2.16. The first-order valence-corrected chi connectivity index (χ1v) is 7.94. The summed E-state index contributed by atoms with van der Waals surface area (Å²) < 4.78 is 5.30. The van der Waals surface area contributed by atoms with Crippen LogP contribution in [0.5, 0.6) is 11.5 Å². The third-order valence-electron chi connectivity index (χ3n) is 4.40. The molecule has 0 amide bonds. The molecule has 0 saturated carbocycles. The molecule has 5 nitrogen and oxygen atoms in total. The molecule has 0 aliphatic carbocycles. The lowest BCUT2D eigenvalue weighted by Crippen LogP contribution is -2.10. The fourth-order valence-corrected chi connectivity index (χ4v) is 3.05. The number of hydrogen-bond donors (Lipinski definition) is 2. The van der Waals surface area contributed by atoms with Crippen LogP contribution in [0.2, 0.25) is 0 Å². The normalized spacial score (nSPS) is 10.6. The van der Waals surface area contributed by atoms with E-state index in [4.69, 9.17) is 4.74 Å². The van der Waals surface area contributed by atoms with E-state index >= 15 is 0 Å². The summed E-state index contributed by atoms with van der Waals surface area (Å²) in [5.74, 6) is -1.61. The van der Waals surface area contributed by atoms with Crippen LogP contribution in [0.4, 0.5) is 0 Å². The average molecular weight is 342 g/mol. The van der Waals surface area contributed by atoms with Crippen LogP contribution < -0.4 is 0 Å². The maximum absolute atomic E-state index is 12.3. The Hall–Kier alpha value is -2.82. The number of hydrogen-bond acceptors (Lipinski definition) is 5. The highest BCUT2D eigenvalue weighted by atomic mass is 16.5. The minimum absolute atomic E-state index is 0.0227. The maximum atomic E-state index is 12.3. The van der Waals surface area contributed by atoms with E-state index in [1.165, 1.54) is 19.1 Å². The molecule has 0 saturated heterocycles. The van der Waals surface area contributed by atoms with E-state index < -0.39 is 11.7 Å². The van der Waals surface area contributed by atoms with Crippen LogP contribution in [0.15, 0.2) is 18.2 Å². The smallest absolute Gasteiger partial charge is 0.342 e. The fourth-order valence-electron chi connectivity index (χ4n) is 3.05. The van der Waals surface area contributed by atoms with E-state index in [-0.39, 0.29) is 23.7 Å². The first-order valence-electron chi connectivity index (χ1n) is 7.94. The summed E-state index contributed by atoms with van der Waals surface area (Å²) >= 11 is 0.